The lowest BCUT2D eigenvalue weighted by Crippen LogP contribution is -2.22. The Balaban J connectivity index is 1.58. The number of aliphatic hydroxyl groups is 1. The van der Waals surface area contributed by atoms with Crippen LogP contribution in [-0.4, -0.2) is 16.6 Å². The molecule has 1 atom stereocenters. The van der Waals surface area contributed by atoms with E-state index in [1.54, 1.807) is 0 Å². The van der Waals surface area contributed by atoms with Crippen molar-refractivity contribution in [2.24, 2.45) is 0 Å². The summed E-state index contributed by atoms with van der Waals surface area (Å²) in [5.41, 5.74) is 1.15. The molecule has 0 aliphatic carbocycles. The molecule has 0 aliphatic heterocycles. The van der Waals surface area contributed by atoms with Crippen molar-refractivity contribution in [1.29, 1.82) is 0 Å². The molecular weight excluding hydrogens is 314 g/mol. The van der Waals surface area contributed by atoms with Gasteiger partial charge in [-0.3, -0.25) is 0 Å². The minimum absolute atomic E-state index is 0.00855. The molecule has 0 bridgehead atoms. The number of nitrogens with one attached hydrogen (secondary N) is 1. The molecule has 24 heavy (non-hydrogen) atoms. The molecule has 4 nitrogen and oxygen atoms in total. The van der Waals surface area contributed by atoms with Crippen LogP contribution in [0.25, 0.3) is 11.5 Å². The zero-order valence-corrected chi connectivity index (χ0v) is 12.7. The molecule has 1 heterocycles. The molecule has 0 amide bonds. The molecule has 2 aromatic carbocycles. The molecular formula is C18H16F2N2O2. The summed E-state index contributed by atoms with van der Waals surface area (Å²) in [4.78, 5) is 4.33. The second-order valence-corrected chi connectivity index (χ2v) is 5.29. The number of aromatic nitrogens is 1. The van der Waals surface area contributed by atoms with Crippen molar-refractivity contribution >= 4 is 0 Å². The van der Waals surface area contributed by atoms with Crippen LogP contribution in [0, 0.1) is 11.6 Å². The zero-order valence-electron chi connectivity index (χ0n) is 12.7. The molecule has 1 unspecified atom stereocenters. The van der Waals surface area contributed by atoms with E-state index in [1.807, 2.05) is 30.3 Å². The Morgan fingerprint density at radius 3 is 2.46 bits per heavy atom. The monoisotopic (exact) mass is 330 g/mol. The lowest BCUT2D eigenvalue weighted by atomic mass is 10.1. The Kier molecular flexibility index (Phi) is 4.98. The van der Waals surface area contributed by atoms with Crippen molar-refractivity contribution in [3.05, 3.63) is 77.7 Å². The fourth-order valence-corrected chi connectivity index (χ4v) is 2.37. The van der Waals surface area contributed by atoms with Gasteiger partial charge in [-0.05, 0) is 24.3 Å². The summed E-state index contributed by atoms with van der Waals surface area (Å²) in [7, 11) is 0. The summed E-state index contributed by atoms with van der Waals surface area (Å²) in [5, 5.41) is 12.9. The van der Waals surface area contributed by atoms with Crippen LogP contribution in [0.4, 0.5) is 8.78 Å². The van der Waals surface area contributed by atoms with Crippen LogP contribution in [0.2, 0.25) is 0 Å². The highest BCUT2D eigenvalue weighted by Crippen LogP contribution is 2.20. The molecule has 3 aromatic rings. The van der Waals surface area contributed by atoms with E-state index in [9.17, 15) is 13.9 Å². The fourth-order valence-electron chi connectivity index (χ4n) is 2.37. The maximum absolute atomic E-state index is 13.6. The average Bonchev–Trinajstić information content (AvgIpc) is 3.04. The van der Waals surface area contributed by atoms with Gasteiger partial charge >= 0.3 is 0 Å². The van der Waals surface area contributed by atoms with Gasteiger partial charge in [-0.15, -0.1) is 0 Å². The molecule has 6 heteroatoms. The number of hydrogen-bond donors (Lipinski definition) is 2. The van der Waals surface area contributed by atoms with E-state index in [4.69, 9.17) is 4.42 Å². The predicted molar refractivity (Wildman–Crippen MR) is 85.0 cm³/mol. The quantitative estimate of drug-likeness (QED) is 0.727. The van der Waals surface area contributed by atoms with E-state index in [-0.39, 0.29) is 12.1 Å². The normalized spacial score (nSPS) is 12.3. The summed E-state index contributed by atoms with van der Waals surface area (Å²) in [6.07, 6.45) is 0.220. The molecule has 0 spiro atoms. The highest BCUT2D eigenvalue weighted by atomic mass is 19.1. The van der Waals surface area contributed by atoms with Gasteiger partial charge in [0.05, 0.1) is 17.4 Å². The summed E-state index contributed by atoms with van der Waals surface area (Å²) < 4.78 is 32.6. The lowest BCUT2D eigenvalue weighted by Gasteiger charge is -2.13. The minimum Gasteiger partial charge on any atom is -0.444 e. The van der Waals surface area contributed by atoms with Crippen LogP contribution in [0.15, 0.2) is 59.2 Å². The average molecular weight is 330 g/mol. The van der Waals surface area contributed by atoms with Gasteiger partial charge in [0.2, 0.25) is 5.89 Å². The van der Waals surface area contributed by atoms with Crippen molar-refractivity contribution in [1.82, 2.24) is 10.3 Å². The smallest absolute Gasteiger partial charge is 0.226 e. The van der Waals surface area contributed by atoms with Gasteiger partial charge in [0.15, 0.2) is 0 Å². The number of oxazole rings is 1. The largest absolute Gasteiger partial charge is 0.444 e. The summed E-state index contributed by atoms with van der Waals surface area (Å²) in [6.45, 7) is 0.300. The molecule has 1 aromatic heterocycles. The third kappa shape index (κ3) is 3.67. The van der Waals surface area contributed by atoms with E-state index in [0.717, 1.165) is 17.7 Å². The van der Waals surface area contributed by atoms with Gasteiger partial charge in [0.1, 0.15) is 17.9 Å². The molecule has 0 fully saturated rings. The summed E-state index contributed by atoms with van der Waals surface area (Å²) in [5.74, 6) is -1.04. The van der Waals surface area contributed by atoms with E-state index >= 15 is 0 Å². The third-order valence-electron chi connectivity index (χ3n) is 3.55. The molecule has 0 radical (unpaired) electrons. The van der Waals surface area contributed by atoms with Gasteiger partial charge in [-0.25, -0.2) is 13.8 Å². The number of rotatable bonds is 6. The van der Waals surface area contributed by atoms with Crippen LogP contribution >= 0.6 is 0 Å². The first-order valence-corrected chi connectivity index (χ1v) is 7.47. The van der Waals surface area contributed by atoms with Crippen molar-refractivity contribution in [3.8, 4) is 11.5 Å². The second kappa shape index (κ2) is 7.33. The second-order valence-electron chi connectivity index (χ2n) is 5.29. The minimum atomic E-state index is -1.29. The maximum Gasteiger partial charge on any atom is 0.226 e. The first-order valence-electron chi connectivity index (χ1n) is 7.47. The molecule has 0 saturated carbocycles. The van der Waals surface area contributed by atoms with E-state index in [2.05, 4.69) is 10.3 Å². The van der Waals surface area contributed by atoms with Crippen molar-refractivity contribution < 1.29 is 18.3 Å². The van der Waals surface area contributed by atoms with Crippen molar-refractivity contribution in [2.45, 2.75) is 12.6 Å². The Hall–Kier alpha value is -2.57. The van der Waals surface area contributed by atoms with E-state index in [1.165, 1.54) is 12.3 Å². The van der Waals surface area contributed by atoms with Crippen LogP contribution in [-0.2, 0) is 6.54 Å². The third-order valence-corrected chi connectivity index (χ3v) is 3.55. The topological polar surface area (TPSA) is 58.3 Å². The first-order chi connectivity index (χ1) is 11.6. The molecule has 0 aliphatic rings. The van der Waals surface area contributed by atoms with Crippen LogP contribution in [0.3, 0.4) is 0 Å². The predicted octanol–water partition coefficient (Wildman–Crippen LogP) is 3.44. The number of benzene rings is 2. The Bertz CT molecular complexity index is 786. The zero-order chi connectivity index (χ0) is 16.9. The highest BCUT2D eigenvalue weighted by molar-refractivity contribution is 5.52. The van der Waals surface area contributed by atoms with Crippen molar-refractivity contribution in [3.63, 3.8) is 0 Å². The van der Waals surface area contributed by atoms with Gasteiger partial charge in [0, 0.05) is 18.7 Å². The Morgan fingerprint density at radius 1 is 1.04 bits per heavy atom. The number of hydrogen-bond acceptors (Lipinski definition) is 4. The Labute approximate surface area is 137 Å². The fraction of sp³-hybridized carbons (Fsp3) is 0.167. The van der Waals surface area contributed by atoms with Gasteiger partial charge in [-0.1, -0.05) is 24.3 Å². The van der Waals surface area contributed by atoms with Gasteiger partial charge < -0.3 is 14.8 Å². The first kappa shape index (κ1) is 16.3. The number of nitrogens with zero attached hydrogens (tertiary/aromatic N) is 1. The van der Waals surface area contributed by atoms with Crippen LogP contribution in [0.1, 0.15) is 17.4 Å². The molecule has 124 valence electrons. The van der Waals surface area contributed by atoms with Crippen LogP contribution in [0.5, 0.6) is 0 Å². The highest BCUT2D eigenvalue weighted by Gasteiger charge is 2.17. The van der Waals surface area contributed by atoms with Crippen LogP contribution < -0.4 is 5.32 Å². The van der Waals surface area contributed by atoms with E-state index < -0.39 is 17.7 Å². The molecule has 3 rings (SSSR count). The number of aliphatic hydroxyl groups excluding tert-OH is 1. The van der Waals surface area contributed by atoms with Gasteiger partial charge in [0.25, 0.3) is 0 Å². The maximum atomic E-state index is 13.6. The summed E-state index contributed by atoms with van der Waals surface area (Å²) >= 11 is 0. The van der Waals surface area contributed by atoms with Crippen molar-refractivity contribution in [2.75, 3.05) is 6.54 Å². The van der Waals surface area contributed by atoms with Gasteiger partial charge in [-0.2, -0.15) is 0 Å². The molecule has 0 saturated heterocycles. The van der Waals surface area contributed by atoms with E-state index in [0.29, 0.717) is 18.1 Å². The Morgan fingerprint density at radius 2 is 1.75 bits per heavy atom. The number of halogens is 2. The SMILES string of the molecule is OC(CNCc1coc(-c2ccccc2)n1)c1c(F)cccc1F. The molecule has 2 N–H and O–H groups in total. The summed E-state index contributed by atoms with van der Waals surface area (Å²) in [6, 6.07) is 12.9. The lowest BCUT2D eigenvalue weighted by molar-refractivity contribution is 0.164. The standard InChI is InChI=1S/C18H16F2N2O2/c19-14-7-4-8-15(20)17(14)16(23)10-21-9-13-11-24-18(22-13)12-5-2-1-3-6-12/h1-8,11,16,21,23H,9-10H2.